The van der Waals surface area contributed by atoms with Crippen LogP contribution in [0.5, 0.6) is 5.75 Å². The van der Waals surface area contributed by atoms with E-state index in [0.717, 1.165) is 41.2 Å². The maximum Gasteiger partial charge on any atom is 0.293 e. The number of nitrogens with zero attached hydrogens (tertiary/aromatic N) is 6. The van der Waals surface area contributed by atoms with E-state index in [1.165, 1.54) is 25.9 Å². The summed E-state index contributed by atoms with van der Waals surface area (Å²) < 4.78 is 10.1. The number of hydrogen-bond acceptors (Lipinski definition) is 9. The van der Waals surface area contributed by atoms with Gasteiger partial charge in [-0.3, -0.25) is 14.9 Å². The van der Waals surface area contributed by atoms with Crippen LogP contribution in [-0.4, -0.2) is 76.4 Å². The second-order valence-electron chi connectivity index (χ2n) is 10.1. The summed E-state index contributed by atoms with van der Waals surface area (Å²) in [5, 5.41) is 9.47. The van der Waals surface area contributed by atoms with Gasteiger partial charge in [-0.1, -0.05) is 23.2 Å². The predicted molar refractivity (Wildman–Crippen MR) is 155 cm³/mol. The average molecular weight is 585 g/mol. The van der Waals surface area contributed by atoms with E-state index in [9.17, 15) is 4.79 Å². The molecular weight excluding hydrogens is 553 g/mol. The minimum absolute atomic E-state index is 0.240. The number of anilines is 1. The van der Waals surface area contributed by atoms with Crippen molar-refractivity contribution in [3.8, 4) is 17.0 Å². The van der Waals surface area contributed by atoms with Gasteiger partial charge in [0.25, 0.3) is 6.47 Å². The molecule has 4 aromatic rings. The van der Waals surface area contributed by atoms with E-state index in [-0.39, 0.29) is 6.61 Å². The largest absolute Gasteiger partial charge is 0.489 e. The Bertz CT molecular complexity index is 1430. The van der Waals surface area contributed by atoms with Crippen LogP contribution in [0.4, 0.5) is 5.95 Å². The van der Waals surface area contributed by atoms with Gasteiger partial charge in [-0.15, -0.1) is 0 Å². The van der Waals surface area contributed by atoms with E-state index in [4.69, 9.17) is 27.9 Å². The fourth-order valence-electron chi connectivity index (χ4n) is 5.02. The molecule has 12 heteroatoms. The summed E-state index contributed by atoms with van der Waals surface area (Å²) in [6.07, 6.45) is 9.31. The molecule has 6 rings (SSSR count). The molecule has 3 aromatic heterocycles. The summed E-state index contributed by atoms with van der Waals surface area (Å²) in [6, 6.07) is 5.77. The maximum atomic E-state index is 9.18. The van der Waals surface area contributed by atoms with Crippen molar-refractivity contribution in [1.29, 1.82) is 0 Å². The van der Waals surface area contributed by atoms with Crippen molar-refractivity contribution in [3.63, 3.8) is 0 Å². The number of fused-ring (bicyclic) bond motifs is 1. The van der Waals surface area contributed by atoms with Crippen molar-refractivity contribution in [2.24, 2.45) is 5.41 Å². The minimum atomic E-state index is 0.240. The van der Waals surface area contributed by atoms with Gasteiger partial charge in [-0.25, -0.2) is 9.97 Å². The molecule has 0 amide bonds. The lowest BCUT2D eigenvalue weighted by atomic mass is 9.72. The molecule has 0 radical (unpaired) electrons. The second kappa shape index (κ2) is 12.4. The molecule has 0 aliphatic carbocycles. The number of benzene rings is 1. The topological polar surface area (TPSA) is 109 Å². The van der Waals surface area contributed by atoms with Crippen LogP contribution in [0.3, 0.4) is 0 Å². The van der Waals surface area contributed by atoms with Crippen LogP contribution in [0, 0.1) is 5.41 Å². The molecule has 0 saturated carbocycles. The number of nitrogens with one attached hydrogen (secondary N) is 1. The number of rotatable bonds is 7. The normalized spacial score (nSPS) is 16.2. The monoisotopic (exact) mass is 583 g/mol. The fourth-order valence-corrected chi connectivity index (χ4v) is 5.50. The van der Waals surface area contributed by atoms with E-state index in [0.29, 0.717) is 39.9 Å². The van der Waals surface area contributed by atoms with Crippen LogP contribution in [-0.2, 0) is 16.1 Å². The summed E-state index contributed by atoms with van der Waals surface area (Å²) in [6.45, 7) is 7.33. The highest BCUT2D eigenvalue weighted by Gasteiger charge is 2.45. The van der Waals surface area contributed by atoms with Crippen molar-refractivity contribution in [1.82, 2.24) is 30.0 Å². The van der Waals surface area contributed by atoms with E-state index < -0.39 is 0 Å². The van der Waals surface area contributed by atoms with E-state index in [2.05, 4.69) is 46.7 Å². The van der Waals surface area contributed by atoms with E-state index in [1.807, 2.05) is 30.6 Å². The molecule has 1 spiro atoms. The smallest absolute Gasteiger partial charge is 0.293 e. The quantitative estimate of drug-likeness (QED) is 0.300. The Kier molecular flexibility index (Phi) is 8.68. The number of H-pyrrole nitrogens is 1. The number of carbonyl (C=O) groups excluding carboxylic acids is 1. The van der Waals surface area contributed by atoms with Crippen LogP contribution >= 0.6 is 23.2 Å². The van der Waals surface area contributed by atoms with Crippen LogP contribution in [0.25, 0.3) is 22.2 Å². The first-order valence-corrected chi connectivity index (χ1v) is 13.9. The molecule has 2 fully saturated rings. The molecule has 0 unspecified atom stereocenters. The molecule has 10 nitrogen and oxygen atoms in total. The molecule has 1 aromatic carbocycles. The van der Waals surface area contributed by atoms with Gasteiger partial charge in [0.1, 0.15) is 18.1 Å². The molecule has 5 heterocycles. The first-order valence-electron chi connectivity index (χ1n) is 13.1. The van der Waals surface area contributed by atoms with Gasteiger partial charge in [0.15, 0.2) is 0 Å². The Labute approximate surface area is 242 Å². The Hall–Kier alpha value is -3.47. The van der Waals surface area contributed by atoms with Gasteiger partial charge in [-0.05, 0) is 58.1 Å². The zero-order valence-corrected chi connectivity index (χ0v) is 24.0. The Morgan fingerprint density at radius 1 is 1.07 bits per heavy atom. The SMILES string of the molecule is CCOC=O.CN1CCC2(CC1)CN(c1ncc(-c3n[nH]c4ccc(OCc5c(Cl)cncc5Cl)cc34)cn1)C2. The lowest BCUT2D eigenvalue weighted by molar-refractivity contribution is -0.128. The highest BCUT2D eigenvalue weighted by molar-refractivity contribution is 6.35. The maximum absolute atomic E-state index is 9.18. The van der Waals surface area contributed by atoms with Crippen LogP contribution < -0.4 is 9.64 Å². The number of aromatic nitrogens is 5. The summed E-state index contributed by atoms with van der Waals surface area (Å²) in [7, 11) is 2.20. The molecule has 2 aliphatic heterocycles. The second-order valence-corrected chi connectivity index (χ2v) is 10.9. The first-order chi connectivity index (χ1) is 19.4. The lowest BCUT2D eigenvalue weighted by Gasteiger charge is -2.53. The molecular formula is C28H31Cl2N7O3. The zero-order chi connectivity index (χ0) is 28.1. The van der Waals surface area contributed by atoms with Crippen molar-refractivity contribution in [3.05, 3.63) is 58.6 Å². The van der Waals surface area contributed by atoms with Gasteiger partial charge in [-0.2, -0.15) is 5.10 Å². The number of pyridine rings is 1. The highest BCUT2D eigenvalue weighted by atomic mass is 35.5. The summed E-state index contributed by atoms with van der Waals surface area (Å²) in [5.41, 5.74) is 3.68. The van der Waals surface area contributed by atoms with Crippen LogP contribution in [0.1, 0.15) is 25.3 Å². The van der Waals surface area contributed by atoms with Crippen molar-refractivity contribution >= 4 is 46.5 Å². The molecule has 0 bridgehead atoms. The third-order valence-electron chi connectivity index (χ3n) is 7.40. The standard InChI is InChI=1S/C25H25Cl2N7O.C3H6O2/c1-33-6-4-25(5-7-33)14-34(15-25)24-29-9-16(10-30-24)23-18-8-17(2-3-22(18)31-32-23)35-13-19-20(26)11-28-12-21(19)27;1-2-5-3-4/h2-3,8-12H,4-7,13-15H2,1H3,(H,31,32);3H,2H2,1H3. The number of halogens is 2. The van der Waals surface area contributed by atoms with Crippen molar-refractivity contribution in [2.45, 2.75) is 26.4 Å². The zero-order valence-electron chi connectivity index (χ0n) is 22.4. The number of piperidine rings is 1. The number of aromatic amines is 1. The number of ether oxygens (including phenoxy) is 2. The Balaban J connectivity index is 0.000000595. The third kappa shape index (κ3) is 6.14. The number of carbonyl (C=O) groups is 1. The van der Waals surface area contributed by atoms with Gasteiger partial charge < -0.3 is 19.3 Å². The van der Waals surface area contributed by atoms with E-state index >= 15 is 0 Å². The summed E-state index contributed by atoms with van der Waals surface area (Å²) in [4.78, 5) is 27.2. The Morgan fingerprint density at radius 3 is 2.40 bits per heavy atom. The van der Waals surface area contributed by atoms with Crippen molar-refractivity contribution in [2.75, 3.05) is 44.7 Å². The average Bonchev–Trinajstić information content (AvgIpc) is 3.36. The van der Waals surface area contributed by atoms with Gasteiger partial charge >= 0.3 is 0 Å². The van der Waals surface area contributed by atoms with Gasteiger partial charge in [0.05, 0.1) is 22.2 Å². The molecule has 1 N–H and O–H groups in total. The van der Waals surface area contributed by atoms with Gasteiger partial charge in [0.2, 0.25) is 5.95 Å². The summed E-state index contributed by atoms with van der Waals surface area (Å²) >= 11 is 12.4. The molecule has 210 valence electrons. The minimum Gasteiger partial charge on any atom is -0.489 e. The molecule has 2 aliphatic rings. The van der Waals surface area contributed by atoms with Gasteiger partial charge in [0, 0.05) is 59.8 Å². The molecule has 0 atom stereocenters. The molecule has 2 saturated heterocycles. The Morgan fingerprint density at radius 2 is 1.77 bits per heavy atom. The predicted octanol–water partition coefficient (Wildman–Crippen LogP) is 5.01. The van der Waals surface area contributed by atoms with Crippen LogP contribution in [0.2, 0.25) is 10.0 Å². The number of likely N-dealkylation sites (tertiary alicyclic amines) is 1. The lowest BCUT2D eigenvalue weighted by Crippen LogP contribution is -2.60. The third-order valence-corrected chi connectivity index (χ3v) is 8.05. The fraction of sp³-hybridized carbons (Fsp3) is 0.393. The van der Waals surface area contributed by atoms with E-state index in [1.54, 1.807) is 19.3 Å². The first kappa shape index (κ1) is 28.1. The highest BCUT2D eigenvalue weighted by Crippen LogP contribution is 2.41. The van der Waals surface area contributed by atoms with Crippen molar-refractivity contribution < 1.29 is 14.3 Å². The molecule has 40 heavy (non-hydrogen) atoms. The number of hydrogen-bond donors (Lipinski definition) is 1. The van der Waals surface area contributed by atoms with Crippen LogP contribution in [0.15, 0.2) is 43.0 Å². The summed E-state index contributed by atoms with van der Waals surface area (Å²) in [5.74, 6) is 1.47.